The van der Waals surface area contributed by atoms with Gasteiger partial charge in [0.05, 0.1) is 5.56 Å². The number of hydrogen-bond acceptors (Lipinski definition) is 6. The molecule has 112 valence electrons. The van der Waals surface area contributed by atoms with Crippen molar-refractivity contribution in [3.8, 4) is 28.6 Å². The molecule has 1 heterocycles. The van der Waals surface area contributed by atoms with Gasteiger partial charge >= 0.3 is 0 Å². The van der Waals surface area contributed by atoms with E-state index in [0.717, 1.165) is 0 Å². The zero-order valence-corrected chi connectivity index (χ0v) is 11.4. The summed E-state index contributed by atoms with van der Waals surface area (Å²) < 4.78 is 5.66. The smallest absolute Gasteiger partial charge is 0.201 e. The van der Waals surface area contributed by atoms with Crippen LogP contribution in [0.4, 0.5) is 0 Å². The Morgan fingerprint density at radius 1 is 1.00 bits per heavy atom. The number of rotatable bonds is 2. The number of phenolic OH excluding ortho intramolecular Hbond substituents is 3. The Bertz CT molecular complexity index is 915. The van der Waals surface area contributed by atoms with Crippen LogP contribution in [0.2, 0.25) is 0 Å². The average molecular weight is 299 g/mol. The summed E-state index contributed by atoms with van der Waals surface area (Å²) in [5.41, 5.74) is 5.70. The zero-order valence-electron chi connectivity index (χ0n) is 11.4. The molecule has 0 radical (unpaired) electrons. The summed E-state index contributed by atoms with van der Waals surface area (Å²) in [4.78, 5) is 12.3. The summed E-state index contributed by atoms with van der Waals surface area (Å²) in [5, 5.41) is 29.2. The van der Waals surface area contributed by atoms with E-state index in [1.54, 1.807) is 24.3 Å². The second kappa shape index (κ2) is 5.09. The molecule has 1 aromatic heterocycles. The minimum absolute atomic E-state index is 0.0401. The predicted molar refractivity (Wildman–Crippen MR) is 80.8 cm³/mol. The van der Waals surface area contributed by atoms with Crippen molar-refractivity contribution < 1.29 is 19.7 Å². The summed E-state index contributed by atoms with van der Waals surface area (Å²) >= 11 is 0. The van der Waals surface area contributed by atoms with E-state index in [2.05, 4.69) is 0 Å². The third-order valence-electron chi connectivity index (χ3n) is 3.46. The Balaban J connectivity index is 2.44. The highest BCUT2D eigenvalue weighted by Crippen LogP contribution is 2.44. The molecule has 3 aromatic rings. The molecule has 0 unspecified atom stereocenters. The maximum Gasteiger partial charge on any atom is 0.201 e. The van der Waals surface area contributed by atoms with E-state index in [9.17, 15) is 20.1 Å². The number of phenols is 3. The molecule has 0 aliphatic rings. The molecule has 3 rings (SSSR count). The van der Waals surface area contributed by atoms with E-state index < -0.39 is 22.7 Å². The Morgan fingerprint density at radius 3 is 2.32 bits per heavy atom. The summed E-state index contributed by atoms with van der Waals surface area (Å²) in [6, 6.07) is 10.1. The fraction of sp³-hybridized carbons (Fsp3) is 0.0625. The molecular weight excluding hydrogens is 286 g/mol. The first-order valence-corrected chi connectivity index (χ1v) is 6.53. The molecular formula is C16H13NO5. The van der Waals surface area contributed by atoms with E-state index in [0.29, 0.717) is 5.56 Å². The van der Waals surface area contributed by atoms with E-state index in [-0.39, 0.29) is 28.8 Å². The number of nitrogens with two attached hydrogens (primary N) is 1. The highest BCUT2D eigenvalue weighted by Gasteiger charge is 2.22. The molecule has 0 saturated heterocycles. The molecule has 22 heavy (non-hydrogen) atoms. The molecule has 0 amide bonds. The van der Waals surface area contributed by atoms with Crippen molar-refractivity contribution in [2.45, 2.75) is 6.54 Å². The van der Waals surface area contributed by atoms with Gasteiger partial charge in [0.1, 0.15) is 11.1 Å². The van der Waals surface area contributed by atoms with Gasteiger partial charge in [-0.15, -0.1) is 0 Å². The fourth-order valence-corrected chi connectivity index (χ4v) is 2.35. The van der Waals surface area contributed by atoms with Gasteiger partial charge in [0.2, 0.25) is 5.75 Å². The van der Waals surface area contributed by atoms with Crippen LogP contribution in [0, 0.1) is 0 Å². The first kappa shape index (κ1) is 14.0. The van der Waals surface area contributed by atoms with Crippen molar-refractivity contribution >= 4 is 11.0 Å². The van der Waals surface area contributed by atoms with Crippen LogP contribution in [0.1, 0.15) is 5.56 Å². The molecule has 6 nitrogen and oxygen atoms in total. The first-order valence-electron chi connectivity index (χ1n) is 6.53. The van der Waals surface area contributed by atoms with Crippen LogP contribution >= 0.6 is 0 Å². The van der Waals surface area contributed by atoms with Gasteiger partial charge in [0.15, 0.2) is 22.5 Å². The Kier molecular flexibility index (Phi) is 3.23. The summed E-state index contributed by atoms with van der Waals surface area (Å²) in [5.74, 6) is -1.83. The molecule has 0 bridgehead atoms. The minimum atomic E-state index is -0.785. The van der Waals surface area contributed by atoms with Crippen molar-refractivity contribution in [3.63, 3.8) is 0 Å². The minimum Gasteiger partial charge on any atom is -0.504 e. The Labute approximate surface area is 124 Å². The third-order valence-corrected chi connectivity index (χ3v) is 3.46. The standard InChI is InChI=1S/C16H13NO5/c17-7-9-13(19)15(21)14(20)12-10(18)6-11(22-16(9)12)8-4-2-1-3-5-8/h1-6,19-21H,7,17H2. The molecule has 0 atom stereocenters. The van der Waals surface area contributed by atoms with Gasteiger partial charge in [-0.3, -0.25) is 4.79 Å². The van der Waals surface area contributed by atoms with Crippen LogP contribution in [0.15, 0.2) is 45.6 Å². The molecule has 0 aliphatic carbocycles. The second-order valence-corrected chi connectivity index (χ2v) is 4.77. The SMILES string of the molecule is NCc1c(O)c(O)c(O)c2c(=O)cc(-c3ccccc3)oc12. The summed E-state index contributed by atoms with van der Waals surface area (Å²) in [6.07, 6.45) is 0. The highest BCUT2D eigenvalue weighted by molar-refractivity contribution is 5.92. The van der Waals surface area contributed by atoms with E-state index in [1.165, 1.54) is 6.07 Å². The third kappa shape index (κ3) is 1.97. The van der Waals surface area contributed by atoms with Crippen LogP contribution in [-0.2, 0) is 6.54 Å². The molecule has 0 aliphatic heterocycles. The number of benzene rings is 2. The van der Waals surface area contributed by atoms with Crippen LogP contribution < -0.4 is 11.2 Å². The Hall–Kier alpha value is -2.99. The number of hydrogen-bond donors (Lipinski definition) is 4. The molecule has 0 fully saturated rings. The number of aromatic hydroxyl groups is 3. The van der Waals surface area contributed by atoms with Gasteiger partial charge in [0.25, 0.3) is 0 Å². The van der Waals surface area contributed by atoms with E-state index in [1.807, 2.05) is 6.07 Å². The summed E-state index contributed by atoms with van der Waals surface area (Å²) in [7, 11) is 0. The number of fused-ring (bicyclic) bond motifs is 1. The lowest BCUT2D eigenvalue weighted by Gasteiger charge is -2.11. The summed E-state index contributed by atoms with van der Waals surface area (Å²) in [6.45, 7) is -0.169. The molecule has 2 aromatic carbocycles. The topological polar surface area (TPSA) is 117 Å². The van der Waals surface area contributed by atoms with Gasteiger partial charge in [-0.25, -0.2) is 0 Å². The van der Waals surface area contributed by atoms with Gasteiger partial charge in [-0.2, -0.15) is 0 Å². The lowest BCUT2D eigenvalue weighted by atomic mass is 10.1. The quantitative estimate of drug-likeness (QED) is 0.538. The maximum absolute atomic E-state index is 12.3. The first-order chi connectivity index (χ1) is 10.5. The van der Waals surface area contributed by atoms with Crippen molar-refractivity contribution in [1.82, 2.24) is 0 Å². The van der Waals surface area contributed by atoms with E-state index >= 15 is 0 Å². The van der Waals surface area contributed by atoms with Gasteiger partial charge in [-0.1, -0.05) is 30.3 Å². The van der Waals surface area contributed by atoms with Crippen LogP contribution in [0.3, 0.4) is 0 Å². The Morgan fingerprint density at radius 2 is 1.68 bits per heavy atom. The van der Waals surface area contributed by atoms with Crippen LogP contribution in [0.5, 0.6) is 17.2 Å². The van der Waals surface area contributed by atoms with E-state index in [4.69, 9.17) is 10.2 Å². The molecule has 6 heteroatoms. The monoisotopic (exact) mass is 299 g/mol. The average Bonchev–Trinajstić information content (AvgIpc) is 2.53. The lowest BCUT2D eigenvalue weighted by molar-refractivity contribution is 0.367. The second-order valence-electron chi connectivity index (χ2n) is 4.77. The molecule has 5 N–H and O–H groups in total. The maximum atomic E-state index is 12.3. The van der Waals surface area contributed by atoms with Gasteiger partial charge in [-0.05, 0) is 0 Å². The van der Waals surface area contributed by atoms with Crippen molar-refractivity contribution in [2.75, 3.05) is 0 Å². The largest absolute Gasteiger partial charge is 0.504 e. The lowest BCUT2D eigenvalue weighted by Crippen LogP contribution is -2.05. The van der Waals surface area contributed by atoms with Crippen molar-refractivity contribution in [2.24, 2.45) is 5.73 Å². The van der Waals surface area contributed by atoms with Crippen molar-refractivity contribution in [1.29, 1.82) is 0 Å². The molecule has 0 saturated carbocycles. The normalized spacial score (nSPS) is 11.0. The van der Waals surface area contributed by atoms with Crippen molar-refractivity contribution in [3.05, 3.63) is 52.2 Å². The zero-order chi connectivity index (χ0) is 15.9. The van der Waals surface area contributed by atoms with Gasteiger partial charge < -0.3 is 25.5 Å². The molecule has 0 spiro atoms. The fourth-order valence-electron chi connectivity index (χ4n) is 2.35. The predicted octanol–water partition coefficient (Wildman–Crippen LogP) is 2.04. The van der Waals surface area contributed by atoms with Crippen LogP contribution in [0.25, 0.3) is 22.3 Å². The van der Waals surface area contributed by atoms with Crippen LogP contribution in [-0.4, -0.2) is 15.3 Å². The van der Waals surface area contributed by atoms with Gasteiger partial charge in [0, 0.05) is 18.2 Å². The highest BCUT2D eigenvalue weighted by atomic mass is 16.3.